The van der Waals surface area contributed by atoms with Crippen molar-refractivity contribution in [2.24, 2.45) is 0 Å². The number of rotatable bonds is 2. The minimum Gasteiger partial charge on any atom is -0.355 e. The van der Waals surface area contributed by atoms with E-state index >= 15 is 0 Å². The number of amides is 1. The summed E-state index contributed by atoms with van der Waals surface area (Å²) in [5.74, 6) is -0.0371. The van der Waals surface area contributed by atoms with Crippen molar-refractivity contribution in [1.82, 2.24) is 10.2 Å². The van der Waals surface area contributed by atoms with Crippen LogP contribution in [-0.2, 0) is 17.8 Å². The Morgan fingerprint density at radius 3 is 2.83 bits per heavy atom. The Morgan fingerprint density at radius 1 is 1.39 bits per heavy atom. The molecule has 23 heavy (non-hydrogen) atoms. The van der Waals surface area contributed by atoms with Crippen LogP contribution in [0.5, 0.6) is 0 Å². The van der Waals surface area contributed by atoms with E-state index in [4.69, 9.17) is 11.6 Å². The number of carbonyl (C=O) groups is 1. The molecule has 0 bridgehead atoms. The van der Waals surface area contributed by atoms with E-state index in [0.717, 1.165) is 35.0 Å². The Kier molecular flexibility index (Phi) is 5.74. The Morgan fingerprint density at radius 2 is 2.13 bits per heavy atom. The fraction of sp³-hybridized carbons (Fsp3) is 0.353. The molecule has 3 nitrogen and oxygen atoms in total. The van der Waals surface area contributed by atoms with Crippen LogP contribution < -0.4 is 5.32 Å². The van der Waals surface area contributed by atoms with Crippen LogP contribution in [0.25, 0.3) is 16.2 Å². The van der Waals surface area contributed by atoms with Crippen molar-refractivity contribution in [2.45, 2.75) is 19.9 Å². The van der Waals surface area contributed by atoms with Crippen molar-refractivity contribution in [3.63, 3.8) is 0 Å². The molecule has 3 rings (SSSR count). The van der Waals surface area contributed by atoms with Crippen molar-refractivity contribution in [3.05, 3.63) is 38.7 Å². The lowest BCUT2D eigenvalue weighted by Crippen LogP contribution is -2.19. The number of benzene rings is 1. The van der Waals surface area contributed by atoms with Gasteiger partial charge in [0, 0.05) is 45.7 Å². The Balaban J connectivity index is 0.00000192. The zero-order valence-corrected chi connectivity index (χ0v) is 15.8. The highest BCUT2D eigenvalue weighted by atomic mass is 35.5. The van der Waals surface area contributed by atoms with E-state index in [1.165, 1.54) is 21.2 Å². The summed E-state index contributed by atoms with van der Waals surface area (Å²) in [6, 6.07) is 4.08. The quantitative estimate of drug-likeness (QED) is 0.806. The lowest BCUT2D eigenvalue weighted by Gasteiger charge is -2.13. The van der Waals surface area contributed by atoms with Gasteiger partial charge in [-0.3, -0.25) is 4.79 Å². The zero-order chi connectivity index (χ0) is 15.9. The zero-order valence-electron chi connectivity index (χ0n) is 13.4. The van der Waals surface area contributed by atoms with Gasteiger partial charge in [-0.05, 0) is 49.7 Å². The van der Waals surface area contributed by atoms with E-state index in [2.05, 4.69) is 23.3 Å². The molecule has 6 heteroatoms. The first-order chi connectivity index (χ1) is 10.5. The second-order valence-corrected chi connectivity index (χ2v) is 7.23. The Labute approximate surface area is 151 Å². The molecule has 0 saturated carbocycles. The first kappa shape index (κ1) is 18.3. The fourth-order valence-corrected chi connectivity index (χ4v) is 4.45. The highest BCUT2D eigenvalue weighted by molar-refractivity contribution is 7.20. The second-order valence-electron chi connectivity index (χ2n) is 5.74. The summed E-state index contributed by atoms with van der Waals surface area (Å²) in [5.41, 5.74) is 3.26. The molecule has 0 radical (unpaired) electrons. The van der Waals surface area contributed by atoms with Gasteiger partial charge < -0.3 is 10.2 Å². The molecule has 0 saturated heterocycles. The first-order valence-corrected chi connectivity index (χ1v) is 8.52. The van der Waals surface area contributed by atoms with Crippen LogP contribution in [0.15, 0.2) is 17.7 Å². The minimum atomic E-state index is -0.0371. The third-order valence-electron chi connectivity index (χ3n) is 4.14. The maximum Gasteiger partial charge on any atom is 0.246 e. The molecule has 2 heterocycles. The van der Waals surface area contributed by atoms with Crippen molar-refractivity contribution in [3.8, 4) is 0 Å². The fourth-order valence-electron chi connectivity index (χ4n) is 2.95. The highest BCUT2D eigenvalue weighted by Crippen LogP contribution is 2.40. The number of carbonyl (C=O) groups excluding carboxylic acids is 1. The van der Waals surface area contributed by atoms with E-state index in [1.807, 2.05) is 19.1 Å². The van der Waals surface area contributed by atoms with Crippen molar-refractivity contribution < 1.29 is 4.79 Å². The van der Waals surface area contributed by atoms with E-state index < -0.39 is 0 Å². The van der Waals surface area contributed by atoms with Crippen LogP contribution in [0.2, 0.25) is 5.02 Å². The van der Waals surface area contributed by atoms with Gasteiger partial charge in [-0.25, -0.2) is 0 Å². The lowest BCUT2D eigenvalue weighted by atomic mass is 10.0. The molecule has 1 aliphatic rings. The molecule has 0 atom stereocenters. The molecule has 0 spiro atoms. The number of nitrogens with one attached hydrogen (secondary N) is 1. The molecular formula is C17H20Cl2N2OS. The molecule has 0 aliphatic carbocycles. The number of likely N-dealkylation sites (N-methyl/N-ethyl adjacent to an activating group) is 2. The van der Waals surface area contributed by atoms with Crippen molar-refractivity contribution >= 4 is 57.4 Å². The average molecular weight is 371 g/mol. The molecule has 1 aromatic carbocycles. The lowest BCUT2D eigenvalue weighted by molar-refractivity contribution is -0.116. The summed E-state index contributed by atoms with van der Waals surface area (Å²) < 4.78 is 1.25. The van der Waals surface area contributed by atoms with Gasteiger partial charge in [0.25, 0.3) is 0 Å². The Hall–Kier alpha value is -1.07. The predicted octanol–water partition coefficient (Wildman–Crippen LogP) is 4.11. The van der Waals surface area contributed by atoms with E-state index in [1.54, 1.807) is 18.4 Å². The van der Waals surface area contributed by atoms with Crippen molar-refractivity contribution in [1.29, 1.82) is 0 Å². The van der Waals surface area contributed by atoms with Gasteiger partial charge in [0.05, 0.1) is 0 Å². The molecule has 124 valence electrons. The predicted molar refractivity (Wildman–Crippen MR) is 102 cm³/mol. The van der Waals surface area contributed by atoms with Gasteiger partial charge in [0.1, 0.15) is 0 Å². The first-order valence-electron chi connectivity index (χ1n) is 7.33. The third-order valence-corrected chi connectivity index (χ3v) is 5.64. The molecule has 1 aliphatic heterocycles. The maximum absolute atomic E-state index is 11.8. The van der Waals surface area contributed by atoms with Gasteiger partial charge in [-0.1, -0.05) is 11.6 Å². The van der Waals surface area contributed by atoms with E-state index in [-0.39, 0.29) is 18.3 Å². The number of hydrogen-bond acceptors (Lipinski definition) is 3. The van der Waals surface area contributed by atoms with Gasteiger partial charge >= 0.3 is 0 Å². The third kappa shape index (κ3) is 3.41. The van der Waals surface area contributed by atoms with Crippen LogP contribution in [0.3, 0.4) is 0 Å². The molecule has 0 fully saturated rings. The Bertz CT molecular complexity index is 782. The topological polar surface area (TPSA) is 32.3 Å². The van der Waals surface area contributed by atoms with Crippen LogP contribution in [0.1, 0.15) is 22.9 Å². The van der Waals surface area contributed by atoms with Gasteiger partial charge in [-0.2, -0.15) is 0 Å². The summed E-state index contributed by atoms with van der Waals surface area (Å²) in [7, 11) is 3.79. The average Bonchev–Trinajstić information content (AvgIpc) is 2.72. The van der Waals surface area contributed by atoms with Crippen LogP contribution in [0.4, 0.5) is 0 Å². The monoisotopic (exact) mass is 370 g/mol. The number of thiophene rings is 1. The largest absolute Gasteiger partial charge is 0.355 e. The molecular weight excluding hydrogens is 351 g/mol. The second kappa shape index (κ2) is 7.22. The van der Waals surface area contributed by atoms with Crippen LogP contribution in [0, 0.1) is 0 Å². The molecule has 2 aromatic rings. The minimum absolute atomic E-state index is 0. The van der Waals surface area contributed by atoms with E-state index in [0.29, 0.717) is 0 Å². The van der Waals surface area contributed by atoms with Crippen LogP contribution in [-0.4, -0.2) is 31.4 Å². The smallest absolute Gasteiger partial charge is 0.246 e. The number of nitrogens with zero attached hydrogens (tertiary/aromatic N) is 1. The maximum atomic E-state index is 11.8. The summed E-state index contributed by atoms with van der Waals surface area (Å²) in [6.07, 6.45) is 2.96. The normalized spacial score (nSPS) is 15.2. The summed E-state index contributed by atoms with van der Waals surface area (Å²) in [6.45, 7) is 3.74. The number of halogens is 2. The highest BCUT2D eigenvalue weighted by Gasteiger charge is 2.21. The summed E-state index contributed by atoms with van der Waals surface area (Å²) in [5, 5.41) is 4.81. The van der Waals surface area contributed by atoms with Gasteiger partial charge in [0.2, 0.25) is 5.91 Å². The molecule has 1 N–H and O–H groups in total. The summed E-state index contributed by atoms with van der Waals surface area (Å²) >= 11 is 8.16. The van der Waals surface area contributed by atoms with Crippen LogP contribution >= 0.6 is 35.3 Å². The SMILES string of the molecule is CNC(=O)/C(C)=C/c1sc2ccc(Cl)c3c2c1CN(C)CC3.Cl. The standard InChI is InChI=1S/C17H19ClN2OS.ClH/c1-10(17(21)19-2)8-15-12-9-20(3)7-6-11-13(18)4-5-14(22-15)16(11)12;/h4-5,8H,6-7,9H2,1-3H3,(H,19,21);1H/b10-8+;. The molecule has 1 amide bonds. The van der Waals surface area contributed by atoms with Gasteiger partial charge in [0.15, 0.2) is 0 Å². The molecule has 0 unspecified atom stereocenters. The van der Waals surface area contributed by atoms with Gasteiger partial charge in [-0.15, -0.1) is 23.7 Å². The summed E-state index contributed by atoms with van der Waals surface area (Å²) in [4.78, 5) is 15.3. The van der Waals surface area contributed by atoms with Crippen molar-refractivity contribution in [2.75, 3.05) is 20.6 Å². The number of hydrogen-bond donors (Lipinski definition) is 1. The molecule has 1 aromatic heterocycles. The van der Waals surface area contributed by atoms with E-state index in [9.17, 15) is 4.79 Å².